The third kappa shape index (κ3) is 5.31. The van der Waals surface area contributed by atoms with Gasteiger partial charge in [-0.25, -0.2) is 0 Å². The standard InChI is InChI=1S/C14H24N2O/c1-11-5-4-6-13(9-11)10-14(16-15)8-7-12(2)17-3/h4-6,9,12,14,16H,7-8,10,15H2,1-3H3. The molecule has 3 heteroatoms. The molecule has 0 saturated heterocycles. The number of nitrogens with one attached hydrogen (secondary N) is 1. The summed E-state index contributed by atoms with van der Waals surface area (Å²) in [5.41, 5.74) is 5.52. The lowest BCUT2D eigenvalue weighted by molar-refractivity contribution is 0.106. The maximum atomic E-state index is 5.60. The van der Waals surface area contributed by atoms with E-state index < -0.39 is 0 Å². The van der Waals surface area contributed by atoms with E-state index >= 15 is 0 Å². The van der Waals surface area contributed by atoms with Crippen molar-refractivity contribution in [2.45, 2.75) is 45.3 Å². The van der Waals surface area contributed by atoms with Gasteiger partial charge < -0.3 is 4.74 Å². The van der Waals surface area contributed by atoms with Gasteiger partial charge in [-0.1, -0.05) is 29.8 Å². The smallest absolute Gasteiger partial charge is 0.0543 e. The molecule has 0 bridgehead atoms. The summed E-state index contributed by atoms with van der Waals surface area (Å²) < 4.78 is 5.25. The normalized spacial score (nSPS) is 14.6. The molecule has 2 unspecified atom stereocenters. The van der Waals surface area contributed by atoms with E-state index in [1.54, 1.807) is 7.11 Å². The third-order valence-corrected chi connectivity index (χ3v) is 3.12. The fraction of sp³-hybridized carbons (Fsp3) is 0.571. The molecule has 0 spiro atoms. The molecule has 0 amide bonds. The van der Waals surface area contributed by atoms with Crippen LogP contribution in [0.5, 0.6) is 0 Å². The average Bonchev–Trinajstić information content (AvgIpc) is 2.34. The van der Waals surface area contributed by atoms with E-state index in [4.69, 9.17) is 10.6 Å². The molecule has 0 radical (unpaired) electrons. The second-order valence-electron chi connectivity index (χ2n) is 4.68. The number of hydrogen-bond donors (Lipinski definition) is 2. The average molecular weight is 236 g/mol. The third-order valence-electron chi connectivity index (χ3n) is 3.12. The first-order chi connectivity index (χ1) is 8.15. The van der Waals surface area contributed by atoms with Crippen molar-refractivity contribution in [2.24, 2.45) is 5.84 Å². The molecule has 0 aliphatic heterocycles. The van der Waals surface area contributed by atoms with E-state index in [9.17, 15) is 0 Å². The van der Waals surface area contributed by atoms with Gasteiger partial charge in [0.2, 0.25) is 0 Å². The Labute approximate surface area is 104 Å². The van der Waals surface area contributed by atoms with E-state index in [1.807, 2.05) is 0 Å². The van der Waals surface area contributed by atoms with Crippen molar-refractivity contribution in [3.63, 3.8) is 0 Å². The van der Waals surface area contributed by atoms with E-state index in [2.05, 4.69) is 43.5 Å². The molecule has 1 rings (SSSR count). The van der Waals surface area contributed by atoms with Crippen LogP contribution >= 0.6 is 0 Å². The van der Waals surface area contributed by atoms with Gasteiger partial charge in [-0.15, -0.1) is 0 Å². The summed E-state index contributed by atoms with van der Waals surface area (Å²) in [5, 5.41) is 0. The predicted molar refractivity (Wildman–Crippen MR) is 71.7 cm³/mol. The molecule has 96 valence electrons. The van der Waals surface area contributed by atoms with Gasteiger partial charge in [0.15, 0.2) is 0 Å². The molecule has 1 aromatic carbocycles. The molecule has 0 heterocycles. The zero-order valence-corrected chi connectivity index (χ0v) is 11.1. The number of rotatable bonds is 7. The van der Waals surface area contributed by atoms with Gasteiger partial charge in [0, 0.05) is 13.2 Å². The fourth-order valence-electron chi connectivity index (χ4n) is 1.92. The number of methoxy groups -OCH3 is 1. The van der Waals surface area contributed by atoms with Gasteiger partial charge >= 0.3 is 0 Å². The molecular formula is C14H24N2O. The van der Waals surface area contributed by atoms with Crippen LogP contribution in [0.3, 0.4) is 0 Å². The number of aryl methyl sites for hydroxylation is 1. The van der Waals surface area contributed by atoms with Crippen molar-refractivity contribution in [3.05, 3.63) is 35.4 Å². The van der Waals surface area contributed by atoms with E-state index in [1.165, 1.54) is 11.1 Å². The minimum absolute atomic E-state index is 0.295. The van der Waals surface area contributed by atoms with Gasteiger partial charge in [0.05, 0.1) is 6.10 Å². The first kappa shape index (κ1) is 14.2. The molecule has 2 atom stereocenters. The summed E-state index contributed by atoms with van der Waals surface area (Å²) in [6, 6.07) is 8.88. The molecule has 17 heavy (non-hydrogen) atoms. The minimum Gasteiger partial charge on any atom is -0.382 e. The van der Waals surface area contributed by atoms with Crippen LogP contribution in [0.1, 0.15) is 30.9 Å². The lowest BCUT2D eigenvalue weighted by Crippen LogP contribution is -2.37. The molecule has 3 N–H and O–H groups in total. The van der Waals surface area contributed by atoms with Crippen LogP contribution in [-0.2, 0) is 11.2 Å². The Bertz CT molecular complexity index is 328. The van der Waals surface area contributed by atoms with E-state index in [0.29, 0.717) is 12.1 Å². The monoisotopic (exact) mass is 236 g/mol. The number of ether oxygens (including phenoxy) is 1. The molecule has 3 nitrogen and oxygen atoms in total. The number of benzene rings is 1. The van der Waals surface area contributed by atoms with Crippen LogP contribution in [0, 0.1) is 6.92 Å². The minimum atomic E-state index is 0.295. The maximum absolute atomic E-state index is 5.60. The van der Waals surface area contributed by atoms with Crippen molar-refractivity contribution in [3.8, 4) is 0 Å². The first-order valence-corrected chi connectivity index (χ1v) is 6.20. The quantitative estimate of drug-likeness (QED) is 0.563. The molecule has 0 aliphatic carbocycles. The highest BCUT2D eigenvalue weighted by Gasteiger charge is 2.10. The number of hydrazine groups is 1. The molecule has 0 fully saturated rings. The molecule has 0 aromatic heterocycles. The van der Waals surface area contributed by atoms with Crippen molar-refractivity contribution in [1.82, 2.24) is 5.43 Å². The van der Waals surface area contributed by atoms with Gasteiger partial charge in [0.1, 0.15) is 0 Å². The van der Waals surface area contributed by atoms with Crippen molar-refractivity contribution < 1.29 is 4.74 Å². The zero-order chi connectivity index (χ0) is 12.7. The van der Waals surface area contributed by atoms with Crippen molar-refractivity contribution in [2.75, 3.05) is 7.11 Å². The molecular weight excluding hydrogens is 212 g/mol. The largest absolute Gasteiger partial charge is 0.382 e. The Morgan fingerprint density at radius 3 is 2.71 bits per heavy atom. The van der Waals surface area contributed by atoms with E-state index in [-0.39, 0.29) is 0 Å². The molecule has 0 saturated carbocycles. The van der Waals surface area contributed by atoms with E-state index in [0.717, 1.165) is 19.3 Å². The summed E-state index contributed by atoms with van der Waals surface area (Å²) in [5.74, 6) is 5.60. The summed E-state index contributed by atoms with van der Waals surface area (Å²) in [6.45, 7) is 4.20. The number of hydrogen-bond acceptors (Lipinski definition) is 3. The highest BCUT2D eigenvalue weighted by atomic mass is 16.5. The Balaban J connectivity index is 2.46. The Morgan fingerprint density at radius 2 is 2.12 bits per heavy atom. The van der Waals surface area contributed by atoms with Crippen LogP contribution in [-0.4, -0.2) is 19.3 Å². The lowest BCUT2D eigenvalue weighted by atomic mass is 10.00. The first-order valence-electron chi connectivity index (χ1n) is 6.20. The van der Waals surface area contributed by atoms with Crippen molar-refractivity contribution in [1.29, 1.82) is 0 Å². The Hall–Kier alpha value is -0.900. The van der Waals surface area contributed by atoms with Crippen LogP contribution in [0.25, 0.3) is 0 Å². The topological polar surface area (TPSA) is 47.3 Å². The summed E-state index contributed by atoms with van der Waals surface area (Å²) in [7, 11) is 1.75. The Morgan fingerprint density at radius 1 is 1.35 bits per heavy atom. The van der Waals surface area contributed by atoms with Crippen LogP contribution in [0.15, 0.2) is 24.3 Å². The second kappa shape index (κ2) is 7.43. The summed E-state index contributed by atoms with van der Waals surface area (Å²) >= 11 is 0. The summed E-state index contributed by atoms with van der Waals surface area (Å²) in [6.07, 6.45) is 3.31. The number of nitrogens with two attached hydrogens (primary N) is 1. The van der Waals surface area contributed by atoms with Crippen molar-refractivity contribution >= 4 is 0 Å². The van der Waals surface area contributed by atoms with Gasteiger partial charge in [0.25, 0.3) is 0 Å². The zero-order valence-electron chi connectivity index (χ0n) is 11.1. The molecule has 1 aromatic rings. The highest BCUT2D eigenvalue weighted by molar-refractivity contribution is 5.22. The molecule has 0 aliphatic rings. The summed E-state index contributed by atoms with van der Waals surface area (Å²) in [4.78, 5) is 0. The SMILES string of the molecule is COC(C)CCC(Cc1cccc(C)c1)NN. The second-order valence-corrected chi connectivity index (χ2v) is 4.68. The van der Waals surface area contributed by atoms with Gasteiger partial charge in [-0.2, -0.15) is 0 Å². The Kier molecular flexibility index (Phi) is 6.19. The van der Waals surface area contributed by atoms with Crippen LogP contribution in [0.4, 0.5) is 0 Å². The predicted octanol–water partition coefficient (Wildman–Crippen LogP) is 2.18. The lowest BCUT2D eigenvalue weighted by Gasteiger charge is -2.18. The van der Waals surface area contributed by atoms with Crippen LogP contribution < -0.4 is 11.3 Å². The maximum Gasteiger partial charge on any atom is 0.0543 e. The fourth-order valence-corrected chi connectivity index (χ4v) is 1.92. The van der Waals surface area contributed by atoms with Gasteiger partial charge in [-0.05, 0) is 38.7 Å². The van der Waals surface area contributed by atoms with Crippen LogP contribution in [0.2, 0.25) is 0 Å². The highest BCUT2D eigenvalue weighted by Crippen LogP contribution is 2.11. The van der Waals surface area contributed by atoms with Gasteiger partial charge in [-0.3, -0.25) is 11.3 Å².